The molecule has 1 aliphatic heterocycles. The molecule has 3 unspecified atom stereocenters. The van der Waals surface area contributed by atoms with E-state index in [4.69, 9.17) is 0 Å². The summed E-state index contributed by atoms with van der Waals surface area (Å²) >= 11 is 0. The number of piperazine rings is 1. The van der Waals surface area contributed by atoms with Crippen LogP contribution in [0.5, 0.6) is 0 Å². The molecule has 0 amide bonds. The summed E-state index contributed by atoms with van der Waals surface area (Å²) in [5, 5.41) is 13.7. The van der Waals surface area contributed by atoms with E-state index in [1.165, 1.54) is 102 Å². The summed E-state index contributed by atoms with van der Waals surface area (Å²) in [5.74, 6) is 2.25. The number of nitrogens with one attached hydrogen (secondary N) is 1. The highest BCUT2D eigenvalue weighted by molar-refractivity contribution is 5.88. The molecule has 5 aliphatic carbocycles. The second-order valence-corrected chi connectivity index (χ2v) is 17.8. The van der Waals surface area contributed by atoms with Crippen molar-refractivity contribution in [2.24, 2.45) is 45.3 Å². The third kappa shape index (κ3) is 4.83. The Balaban J connectivity index is 1.11. The molecule has 0 spiro atoms. The van der Waals surface area contributed by atoms with E-state index in [1.807, 2.05) is 12.1 Å². The molecular formula is C40H61N3O2. The Labute approximate surface area is 273 Å². The standard InChI is InChI=1S/C40H61N3O2/c1-36(2)30(28-9-11-29(12-10-28)35(44)45)15-18-37(3)33(36)16-19-39(5)34(37)14-13-31-32-8-7-17-40(32,21-20-38(31,39)4)41-22-23-43-26-24-42(6)25-27-43/h9-12,15,31-34,41H,7-8,13-14,16-27H2,1-6H3,(H,44,45)/t31-,32?,33?,34?,37+,38-,39-,40+/m1/s1. The molecule has 0 radical (unpaired) electrons. The van der Waals surface area contributed by atoms with Gasteiger partial charge in [-0.25, -0.2) is 4.79 Å². The maximum Gasteiger partial charge on any atom is 0.335 e. The van der Waals surface area contributed by atoms with Gasteiger partial charge in [-0.3, -0.25) is 4.90 Å². The average Bonchev–Trinajstić information content (AvgIpc) is 3.42. The molecule has 0 bridgehead atoms. The lowest BCUT2D eigenvalue weighted by Crippen LogP contribution is -2.67. The smallest absolute Gasteiger partial charge is 0.335 e. The van der Waals surface area contributed by atoms with Crippen molar-refractivity contribution in [1.82, 2.24) is 15.1 Å². The highest BCUT2D eigenvalue weighted by atomic mass is 16.4. The Hall–Kier alpha value is -1.69. The van der Waals surface area contributed by atoms with Crippen molar-refractivity contribution >= 4 is 11.5 Å². The van der Waals surface area contributed by atoms with Gasteiger partial charge in [-0.15, -0.1) is 0 Å². The first-order chi connectivity index (χ1) is 21.3. The fraction of sp³-hybridized carbons (Fsp3) is 0.775. The number of carboxylic acids is 1. The van der Waals surface area contributed by atoms with E-state index in [0.29, 0.717) is 33.3 Å². The van der Waals surface area contributed by atoms with E-state index in [0.717, 1.165) is 30.7 Å². The van der Waals surface area contributed by atoms with Gasteiger partial charge in [-0.2, -0.15) is 0 Å². The topological polar surface area (TPSA) is 55.8 Å². The number of likely N-dealkylation sites (N-methyl/N-ethyl adjacent to an activating group) is 1. The highest BCUT2D eigenvalue weighted by Crippen LogP contribution is 2.76. The largest absolute Gasteiger partial charge is 0.478 e. The zero-order valence-corrected chi connectivity index (χ0v) is 29.3. The number of hydrogen-bond acceptors (Lipinski definition) is 4. The summed E-state index contributed by atoms with van der Waals surface area (Å²) in [7, 11) is 2.26. The summed E-state index contributed by atoms with van der Waals surface area (Å²) in [5.41, 5.74) is 4.57. The van der Waals surface area contributed by atoms with Crippen molar-refractivity contribution in [2.45, 2.75) is 104 Å². The van der Waals surface area contributed by atoms with Gasteiger partial charge >= 0.3 is 5.97 Å². The van der Waals surface area contributed by atoms with Crippen LogP contribution in [-0.4, -0.2) is 72.7 Å². The predicted octanol–water partition coefficient (Wildman–Crippen LogP) is 7.82. The second-order valence-electron chi connectivity index (χ2n) is 17.8. The number of hydrogen-bond donors (Lipinski definition) is 2. The van der Waals surface area contributed by atoms with Gasteiger partial charge in [0.25, 0.3) is 0 Å². The number of rotatable bonds is 6. The first kappa shape index (κ1) is 31.9. The number of carboxylic acid groups (broad SMARTS) is 1. The third-order valence-electron chi connectivity index (χ3n) is 15.9. The van der Waals surface area contributed by atoms with Crippen molar-refractivity contribution in [2.75, 3.05) is 46.3 Å². The van der Waals surface area contributed by atoms with Crippen LogP contribution >= 0.6 is 0 Å². The molecular weight excluding hydrogens is 554 g/mol. The summed E-state index contributed by atoms with van der Waals surface area (Å²) in [6.45, 7) is 20.4. The van der Waals surface area contributed by atoms with Gasteiger partial charge < -0.3 is 15.3 Å². The quantitative estimate of drug-likeness (QED) is 0.342. The highest BCUT2D eigenvalue weighted by Gasteiger charge is 2.69. The molecule has 248 valence electrons. The SMILES string of the molecule is CN1CCN(CCN[C@]23CCCC2[C@H]2CCC4[C@@]5(C)CC=C(c6ccc(C(=O)O)cc6)C(C)(C)C5CC[C@@]4(C)[C@]2(C)CC3)CC1. The first-order valence-corrected chi connectivity index (χ1v) is 18.5. The van der Waals surface area contributed by atoms with Crippen LogP contribution in [0.3, 0.4) is 0 Å². The molecule has 1 aromatic rings. The minimum atomic E-state index is -0.847. The van der Waals surface area contributed by atoms with Crippen LogP contribution in [0.4, 0.5) is 0 Å². The number of aromatic carboxylic acids is 1. The third-order valence-corrected chi connectivity index (χ3v) is 15.9. The van der Waals surface area contributed by atoms with Crippen LogP contribution < -0.4 is 5.32 Å². The van der Waals surface area contributed by atoms with E-state index in [1.54, 1.807) is 12.1 Å². The van der Waals surface area contributed by atoms with Crippen LogP contribution in [0.25, 0.3) is 5.57 Å². The van der Waals surface area contributed by atoms with Crippen molar-refractivity contribution in [1.29, 1.82) is 0 Å². The average molecular weight is 616 g/mol. The number of benzene rings is 1. The fourth-order valence-corrected chi connectivity index (χ4v) is 13.3. The Morgan fingerprint density at radius 1 is 0.844 bits per heavy atom. The minimum Gasteiger partial charge on any atom is -0.478 e. The monoisotopic (exact) mass is 615 g/mol. The summed E-state index contributed by atoms with van der Waals surface area (Å²) in [6.07, 6.45) is 16.2. The van der Waals surface area contributed by atoms with E-state index < -0.39 is 5.97 Å². The van der Waals surface area contributed by atoms with Crippen LogP contribution in [-0.2, 0) is 0 Å². The normalized spacial score (nSPS) is 43.0. The Bertz CT molecular complexity index is 1310. The van der Waals surface area contributed by atoms with Crippen LogP contribution in [0, 0.1) is 45.3 Å². The summed E-state index contributed by atoms with van der Waals surface area (Å²) in [4.78, 5) is 16.7. The number of nitrogens with zero attached hydrogens (tertiary/aromatic N) is 2. The lowest BCUT2D eigenvalue weighted by Gasteiger charge is -2.72. The molecule has 5 fully saturated rings. The van der Waals surface area contributed by atoms with Crippen LogP contribution in [0.1, 0.15) is 115 Å². The summed E-state index contributed by atoms with van der Waals surface area (Å²) < 4.78 is 0. The van der Waals surface area contributed by atoms with Crippen molar-refractivity contribution in [3.63, 3.8) is 0 Å². The van der Waals surface area contributed by atoms with Crippen molar-refractivity contribution < 1.29 is 9.90 Å². The van der Waals surface area contributed by atoms with E-state index in [9.17, 15) is 9.90 Å². The van der Waals surface area contributed by atoms with E-state index >= 15 is 0 Å². The number of allylic oxidation sites excluding steroid dienone is 2. The molecule has 0 aromatic heterocycles. The molecule has 5 nitrogen and oxygen atoms in total. The molecule has 6 aliphatic rings. The van der Waals surface area contributed by atoms with Gasteiger partial charge in [-0.1, -0.05) is 59.2 Å². The molecule has 7 rings (SSSR count). The Kier molecular flexibility index (Phi) is 7.93. The van der Waals surface area contributed by atoms with Gasteiger partial charge in [0.1, 0.15) is 0 Å². The van der Waals surface area contributed by atoms with Crippen LogP contribution in [0.15, 0.2) is 30.3 Å². The molecule has 8 atom stereocenters. The van der Waals surface area contributed by atoms with Gasteiger partial charge in [0, 0.05) is 44.8 Å². The maximum atomic E-state index is 11.5. The molecule has 1 saturated heterocycles. The molecule has 1 aromatic carbocycles. The Morgan fingerprint density at radius 3 is 2.29 bits per heavy atom. The molecule has 1 heterocycles. The minimum absolute atomic E-state index is 0.0671. The van der Waals surface area contributed by atoms with Gasteiger partial charge in [0.15, 0.2) is 0 Å². The zero-order valence-electron chi connectivity index (χ0n) is 29.3. The van der Waals surface area contributed by atoms with Crippen molar-refractivity contribution in [3.8, 4) is 0 Å². The van der Waals surface area contributed by atoms with E-state index in [2.05, 4.69) is 62.9 Å². The predicted molar refractivity (Wildman–Crippen MR) is 184 cm³/mol. The zero-order chi connectivity index (χ0) is 31.8. The van der Waals surface area contributed by atoms with Crippen molar-refractivity contribution in [3.05, 3.63) is 41.5 Å². The maximum absolute atomic E-state index is 11.5. The summed E-state index contributed by atoms with van der Waals surface area (Å²) in [6, 6.07) is 7.67. The molecule has 4 saturated carbocycles. The fourth-order valence-electron chi connectivity index (χ4n) is 13.3. The van der Waals surface area contributed by atoms with Crippen LogP contribution in [0.2, 0.25) is 0 Å². The lowest BCUT2D eigenvalue weighted by atomic mass is 9.33. The van der Waals surface area contributed by atoms with Gasteiger partial charge in [-0.05, 0) is 133 Å². The first-order valence-electron chi connectivity index (χ1n) is 18.5. The lowest BCUT2D eigenvalue weighted by molar-refractivity contribution is -0.217. The second kappa shape index (κ2) is 11.2. The van der Waals surface area contributed by atoms with Gasteiger partial charge in [0.05, 0.1) is 5.56 Å². The van der Waals surface area contributed by atoms with Gasteiger partial charge in [0.2, 0.25) is 0 Å². The molecule has 5 heteroatoms. The number of carbonyl (C=O) groups is 1. The number of fused-ring (bicyclic) bond motifs is 7. The molecule has 45 heavy (non-hydrogen) atoms. The Morgan fingerprint density at radius 2 is 1.58 bits per heavy atom. The molecule has 2 N–H and O–H groups in total. The van der Waals surface area contributed by atoms with E-state index in [-0.39, 0.29) is 5.41 Å².